The van der Waals surface area contributed by atoms with Gasteiger partial charge in [0.25, 0.3) is 5.56 Å². The SMILES string of the molecule is CCOC(=O)Cn1nnnc1[C@@H](CC)N(Cc1ccccc1OC)Cc1cc2c(C)ccc(C)c2[nH]c1=O. The molecule has 0 aliphatic carbocycles. The Morgan fingerprint density at radius 2 is 1.82 bits per heavy atom. The molecule has 0 saturated carbocycles. The summed E-state index contributed by atoms with van der Waals surface area (Å²) >= 11 is 0. The van der Waals surface area contributed by atoms with Crippen molar-refractivity contribution in [1.29, 1.82) is 0 Å². The predicted molar refractivity (Wildman–Crippen MR) is 144 cm³/mol. The van der Waals surface area contributed by atoms with Crippen molar-refractivity contribution in [3.63, 3.8) is 0 Å². The fraction of sp³-hybridized carbons (Fsp3) is 0.393. The van der Waals surface area contributed by atoms with E-state index >= 15 is 0 Å². The van der Waals surface area contributed by atoms with Crippen LogP contribution in [-0.4, -0.2) is 49.8 Å². The summed E-state index contributed by atoms with van der Waals surface area (Å²) in [5.41, 5.74) is 4.40. The maximum Gasteiger partial charge on any atom is 0.327 e. The second-order valence-electron chi connectivity index (χ2n) is 9.25. The lowest BCUT2D eigenvalue weighted by Crippen LogP contribution is -2.33. The molecule has 10 nitrogen and oxygen atoms in total. The number of carbonyl (C=O) groups is 1. The Bertz CT molecular complexity index is 1480. The van der Waals surface area contributed by atoms with E-state index in [0.717, 1.165) is 33.3 Å². The summed E-state index contributed by atoms with van der Waals surface area (Å²) in [6, 6.07) is 13.5. The molecule has 1 N–H and O–H groups in total. The second-order valence-corrected chi connectivity index (χ2v) is 9.25. The molecule has 4 aromatic rings. The number of methoxy groups -OCH3 is 1. The van der Waals surface area contributed by atoms with Gasteiger partial charge in [-0.15, -0.1) is 5.10 Å². The van der Waals surface area contributed by atoms with E-state index in [1.807, 2.05) is 57.2 Å². The number of aromatic amines is 1. The molecule has 4 rings (SSSR count). The first-order chi connectivity index (χ1) is 18.4. The Kier molecular flexibility index (Phi) is 8.52. The van der Waals surface area contributed by atoms with Gasteiger partial charge in [-0.3, -0.25) is 14.5 Å². The second kappa shape index (κ2) is 12.0. The maximum absolute atomic E-state index is 13.3. The number of rotatable bonds is 11. The van der Waals surface area contributed by atoms with E-state index in [0.29, 0.717) is 30.9 Å². The zero-order valence-electron chi connectivity index (χ0n) is 22.5. The van der Waals surface area contributed by atoms with Crippen LogP contribution in [0.25, 0.3) is 10.9 Å². The zero-order valence-corrected chi connectivity index (χ0v) is 22.5. The van der Waals surface area contributed by atoms with Gasteiger partial charge in [0.1, 0.15) is 12.3 Å². The molecule has 0 radical (unpaired) electrons. The molecular weight excluding hydrogens is 484 g/mol. The van der Waals surface area contributed by atoms with E-state index in [9.17, 15) is 9.59 Å². The number of hydrogen-bond acceptors (Lipinski definition) is 8. The fourth-order valence-electron chi connectivity index (χ4n) is 4.78. The highest BCUT2D eigenvalue weighted by atomic mass is 16.5. The number of esters is 1. The summed E-state index contributed by atoms with van der Waals surface area (Å²) in [4.78, 5) is 30.7. The first-order valence-electron chi connectivity index (χ1n) is 12.8. The molecule has 0 amide bonds. The molecule has 200 valence electrons. The minimum Gasteiger partial charge on any atom is -0.496 e. The van der Waals surface area contributed by atoms with Gasteiger partial charge in [-0.2, -0.15) is 0 Å². The van der Waals surface area contributed by atoms with Crippen molar-refractivity contribution in [1.82, 2.24) is 30.1 Å². The van der Waals surface area contributed by atoms with Crippen LogP contribution in [-0.2, 0) is 29.2 Å². The molecule has 2 heterocycles. The van der Waals surface area contributed by atoms with E-state index in [4.69, 9.17) is 9.47 Å². The molecule has 2 aromatic heterocycles. The van der Waals surface area contributed by atoms with Crippen LogP contribution in [0.15, 0.2) is 47.3 Å². The number of aromatic nitrogens is 5. The number of hydrogen-bond donors (Lipinski definition) is 1. The summed E-state index contributed by atoms with van der Waals surface area (Å²) in [6.07, 6.45) is 0.641. The Morgan fingerprint density at radius 3 is 2.55 bits per heavy atom. The zero-order chi connectivity index (χ0) is 27.2. The standard InChI is InChI=1S/C28H34N6O4/c1-6-23(27-30-31-32-34(27)17-25(35)38-7-2)33(15-20-10-8-9-11-24(20)37-5)16-21-14-22-18(3)12-13-19(4)26(22)29-28(21)36/h8-14,23H,6-7,15-17H2,1-5H3,(H,29,36)/t23-/m1/s1. The van der Waals surface area contributed by atoms with Crippen molar-refractivity contribution in [3.05, 3.63) is 80.9 Å². The third kappa shape index (κ3) is 5.75. The largest absolute Gasteiger partial charge is 0.496 e. The first kappa shape index (κ1) is 27.0. The Labute approximate surface area is 221 Å². The number of benzene rings is 2. The van der Waals surface area contributed by atoms with Crippen LogP contribution in [0, 0.1) is 13.8 Å². The number of pyridine rings is 1. The number of H-pyrrole nitrogens is 1. The van der Waals surface area contributed by atoms with Gasteiger partial charge in [0.05, 0.1) is 25.3 Å². The number of nitrogens with one attached hydrogen (secondary N) is 1. The lowest BCUT2D eigenvalue weighted by molar-refractivity contribution is -0.144. The maximum atomic E-state index is 13.3. The number of para-hydroxylation sites is 1. The van der Waals surface area contributed by atoms with E-state index < -0.39 is 5.97 Å². The summed E-state index contributed by atoms with van der Waals surface area (Å²) < 4.78 is 12.2. The van der Waals surface area contributed by atoms with Gasteiger partial charge in [-0.25, -0.2) is 4.68 Å². The quantitative estimate of drug-likeness (QED) is 0.298. The Morgan fingerprint density at radius 1 is 1.08 bits per heavy atom. The van der Waals surface area contributed by atoms with Gasteiger partial charge in [0.2, 0.25) is 0 Å². The predicted octanol–water partition coefficient (Wildman–Crippen LogP) is 3.86. The lowest BCUT2D eigenvalue weighted by Gasteiger charge is -2.30. The Balaban J connectivity index is 1.78. The molecule has 0 spiro atoms. The monoisotopic (exact) mass is 518 g/mol. The van der Waals surface area contributed by atoms with E-state index in [2.05, 4.69) is 31.5 Å². The van der Waals surface area contributed by atoms with Crippen LogP contribution in [0.2, 0.25) is 0 Å². The molecule has 0 aliphatic heterocycles. The van der Waals surface area contributed by atoms with Crippen molar-refractivity contribution < 1.29 is 14.3 Å². The third-order valence-corrected chi connectivity index (χ3v) is 6.73. The number of fused-ring (bicyclic) bond motifs is 1. The van der Waals surface area contributed by atoms with Crippen molar-refractivity contribution in [2.45, 2.75) is 59.8 Å². The fourth-order valence-corrected chi connectivity index (χ4v) is 4.78. The number of tetrazole rings is 1. The molecule has 38 heavy (non-hydrogen) atoms. The molecule has 0 bridgehead atoms. The smallest absolute Gasteiger partial charge is 0.327 e. The van der Waals surface area contributed by atoms with Gasteiger partial charge >= 0.3 is 5.97 Å². The van der Waals surface area contributed by atoms with Gasteiger partial charge in [0.15, 0.2) is 5.82 Å². The molecule has 0 unspecified atom stereocenters. The number of ether oxygens (including phenoxy) is 2. The van der Waals surface area contributed by atoms with Crippen LogP contribution in [0.3, 0.4) is 0 Å². The summed E-state index contributed by atoms with van der Waals surface area (Å²) in [5.74, 6) is 0.862. The van der Waals surface area contributed by atoms with Gasteiger partial charge in [-0.1, -0.05) is 37.3 Å². The van der Waals surface area contributed by atoms with E-state index in [1.165, 1.54) is 4.68 Å². The van der Waals surface area contributed by atoms with Gasteiger partial charge in [-0.05, 0) is 60.9 Å². The molecular formula is C28H34N6O4. The molecule has 0 fully saturated rings. The Hall–Kier alpha value is -4.05. The van der Waals surface area contributed by atoms with Crippen molar-refractivity contribution in [3.8, 4) is 5.75 Å². The normalized spacial score (nSPS) is 12.2. The summed E-state index contributed by atoms with van der Waals surface area (Å²) in [5, 5.41) is 13.2. The van der Waals surface area contributed by atoms with Crippen LogP contribution >= 0.6 is 0 Å². The molecule has 0 saturated heterocycles. The average Bonchev–Trinajstić information content (AvgIpc) is 3.35. The number of aryl methyl sites for hydroxylation is 2. The van der Waals surface area contributed by atoms with E-state index in [-0.39, 0.29) is 24.8 Å². The number of carbonyl (C=O) groups excluding carboxylic acids is 1. The topological polar surface area (TPSA) is 115 Å². The molecule has 2 aromatic carbocycles. The van der Waals surface area contributed by atoms with Gasteiger partial charge in [0, 0.05) is 29.6 Å². The summed E-state index contributed by atoms with van der Waals surface area (Å²) in [7, 11) is 1.64. The summed E-state index contributed by atoms with van der Waals surface area (Å²) in [6.45, 7) is 8.80. The lowest BCUT2D eigenvalue weighted by atomic mass is 10.0. The minimum absolute atomic E-state index is 0.0931. The van der Waals surface area contributed by atoms with Crippen molar-refractivity contribution in [2.24, 2.45) is 0 Å². The van der Waals surface area contributed by atoms with Gasteiger partial charge < -0.3 is 14.5 Å². The highest BCUT2D eigenvalue weighted by molar-refractivity contribution is 5.85. The molecule has 1 atom stereocenters. The van der Waals surface area contributed by atoms with Crippen LogP contribution in [0.1, 0.15) is 54.4 Å². The number of nitrogens with zero attached hydrogens (tertiary/aromatic N) is 5. The van der Waals surface area contributed by atoms with Crippen LogP contribution in [0.4, 0.5) is 0 Å². The van der Waals surface area contributed by atoms with Crippen LogP contribution < -0.4 is 10.3 Å². The van der Waals surface area contributed by atoms with Crippen molar-refractivity contribution >= 4 is 16.9 Å². The first-order valence-corrected chi connectivity index (χ1v) is 12.8. The molecule has 10 heteroatoms. The third-order valence-electron chi connectivity index (χ3n) is 6.73. The van der Waals surface area contributed by atoms with Crippen molar-refractivity contribution in [2.75, 3.05) is 13.7 Å². The average molecular weight is 519 g/mol. The molecule has 0 aliphatic rings. The highest BCUT2D eigenvalue weighted by Gasteiger charge is 2.27. The van der Waals surface area contributed by atoms with E-state index in [1.54, 1.807) is 14.0 Å². The van der Waals surface area contributed by atoms with Crippen LogP contribution in [0.5, 0.6) is 5.75 Å². The minimum atomic E-state index is -0.413. The highest BCUT2D eigenvalue weighted by Crippen LogP contribution is 2.29.